The highest BCUT2D eigenvalue weighted by Gasteiger charge is 2.41. The summed E-state index contributed by atoms with van der Waals surface area (Å²) in [5.74, 6) is 0.114. The van der Waals surface area contributed by atoms with Crippen LogP contribution in [0.2, 0.25) is 0 Å². The number of halogens is 1. The second kappa shape index (κ2) is 6.77. The average Bonchev–Trinajstić information content (AvgIpc) is 3.10. The van der Waals surface area contributed by atoms with E-state index in [0.29, 0.717) is 35.0 Å². The van der Waals surface area contributed by atoms with E-state index in [-0.39, 0.29) is 11.8 Å². The summed E-state index contributed by atoms with van der Waals surface area (Å²) >= 11 is 0. The van der Waals surface area contributed by atoms with Gasteiger partial charge in [-0.3, -0.25) is 0 Å². The molecule has 3 aromatic heterocycles. The van der Waals surface area contributed by atoms with Gasteiger partial charge in [0.25, 0.3) is 0 Å². The third kappa shape index (κ3) is 3.45. The fourth-order valence-electron chi connectivity index (χ4n) is 3.39. The number of fused-ring (bicyclic) bond motifs is 1. The quantitative estimate of drug-likeness (QED) is 0.448. The van der Waals surface area contributed by atoms with E-state index in [0.717, 1.165) is 12.8 Å². The molecule has 5 rings (SSSR count). The fraction of sp³-hybridized carbons (Fsp3) is 0.300. The maximum atomic E-state index is 13.6. The number of rotatable bonds is 6. The number of nitrogens with one attached hydrogen (secondary N) is 1. The second-order valence-electron chi connectivity index (χ2n) is 7.73. The monoisotopic (exact) mass is 409 g/mol. The molecule has 4 aromatic rings. The van der Waals surface area contributed by atoms with Crippen LogP contribution in [0.1, 0.15) is 31.4 Å². The van der Waals surface area contributed by atoms with Gasteiger partial charge in [0.05, 0.1) is 30.6 Å². The minimum Gasteiger partial charge on any atom is -0.508 e. The van der Waals surface area contributed by atoms with Crippen LogP contribution in [0.4, 0.5) is 10.2 Å². The minimum atomic E-state index is -0.668. The maximum Gasteiger partial charge on any atom is 0.154 e. The number of aromatic nitrogens is 6. The number of phenolic OH excluding ortho intramolecular Hbond substituents is 1. The predicted octanol–water partition coefficient (Wildman–Crippen LogP) is 2.53. The topological polar surface area (TPSA) is 113 Å². The summed E-state index contributed by atoms with van der Waals surface area (Å²) in [6.45, 7) is 2.22. The largest absolute Gasteiger partial charge is 0.508 e. The lowest BCUT2D eigenvalue weighted by Gasteiger charge is -2.16. The van der Waals surface area contributed by atoms with Crippen molar-refractivity contribution in [3.05, 3.63) is 54.1 Å². The molecule has 1 saturated carbocycles. The van der Waals surface area contributed by atoms with Crippen LogP contribution >= 0.6 is 0 Å². The van der Waals surface area contributed by atoms with Crippen molar-refractivity contribution in [2.24, 2.45) is 0 Å². The highest BCUT2D eigenvalue weighted by atomic mass is 19.1. The minimum absolute atomic E-state index is 0.00901. The molecule has 1 aliphatic rings. The summed E-state index contributed by atoms with van der Waals surface area (Å²) in [6, 6.07) is 7.02. The zero-order chi connectivity index (χ0) is 20.9. The summed E-state index contributed by atoms with van der Waals surface area (Å²) in [4.78, 5) is 4.35. The molecule has 1 atom stereocenters. The van der Waals surface area contributed by atoms with Gasteiger partial charge in [0.2, 0.25) is 0 Å². The molecule has 1 aliphatic carbocycles. The Bertz CT molecular complexity index is 1230. The highest BCUT2D eigenvalue weighted by molar-refractivity contribution is 5.59. The Balaban J connectivity index is 1.42. The van der Waals surface area contributed by atoms with Gasteiger partial charge in [0, 0.05) is 5.56 Å². The Morgan fingerprint density at radius 3 is 2.90 bits per heavy atom. The van der Waals surface area contributed by atoms with E-state index < -0.39 is 11.4 Å². The molecule has 0 spiro atoms. The summed E-state index contributed by atoms with van der Waals surface area (Å²) in [6.07, 6.45) is 4.96. The number of benzene rings is 1. The first-order chi connectivity index (χ1) is 14.4. The Hall–Kier alpha value is -3.53. The van der Waals surface area contributed by atoms with Gasteiger partial charge in [-0.15, -0.1) is 10.2 Å². The summed E-state index contributed by atoms with van der Waals surface area (Å²) in [5.41, 5.74) is 1.64. The van der Waals surface area contributed by atoms with Crippen molar-refractivity contribution >= 4 is 11.5 Å². The van der Waals surface area contributed by atoms with E-state index >= 15 is 0 Å². The molecule has 0 amide bonds. The first-order valence-corrected chi connectivity index (χ1v) is 9.63. The van der Waals surface area contributed by atoms with Crippen molar-refractivity contribution in [1.29, 1.82) is 0 Å². The molecule has 1 aromatic carbocycles. The number of aliphatic hydroxyl groups is 1. The van der Waals surface area contributed by atoms with Crippen LogP contribution in [0, 0.1) is 5.82 Å². The van der Waals surface area contributed by atoms with E-state index in [1.54, 1.807) is 33.7 Å². The Labute approximate surface area is 170 Å². The highest BCUT2D eigenvalue weighted by Crippen LogP contribution is 2.36. The first kappa shape index (κ1) is 18.5. The van der Waals surface area contributed by atoms with Crippen LogP contribution < -0.4 is 5.32 Å². The summed E-state index contributed by atoms with van der Waals surface area (Å²) in [5, 5.41) is 36.1. The van der Waals surface area contributed by atoms with Gasteiger partial charge >= 0.3 is 0 Å². The van der Waals surface area contributed by atoms with E-state index in [4.69, 9.17) is 0 Å². The molecule has 1 fully saturated rings. The Kier molecular flexibility index (Phi) is 4.17. The van der Waals surface area contributed by atoms with Gasteiger partial charge in [-0.2, -0.15) is 0 Å². The molecule has 0 aliphatic heterocycles. The van der Waals surface area contributed by atoms with E-state index in [1.807, 2.05) is 6.92 Å². The molecule has 0 bridgehead atoms. The number of anilines is 1. The first-order valence-electron chi connectivity index (χ1n) is 9.63. The number of imidazole rings is 1. The maximum absolute atomic E-state index is 13.6. The molecule has 0 unspecified atom stereocenters. The molecule has 10 heteroatoms. The van der Waals surface area contributed by atoms with Gasteiger partial charge in [-0.05, 0) is 50.1 Å². The van der Waals surface area contributed by atoms with Crippen molar-refractivity contribution in [3.8, 4) is 17.1 Å². The van der Waals surface area contributed by atoms with Gasteiger partial charge in [0.1, 0.15) is 28.8 Å². The van der Waals surface area contributed by atoms with Crippen LogP contribution in [0.25, 0.3) is 17.0 Å². The molecule has 3 N–H and O–H groups in total. The van der Waals surface area contributed by atoms with Gasteiger partial charge in [-0.25, -0.2) is 18.6 Å². The van der Waals surface area contributed by atoms with E-state index in [2.05, 4.69) is 25.7 Å². The summed E-state index contributed by atoms with van der Waals surface area (Å²) < 4.78 is 16.8. The lowest BCUT2D eigenvalue weighted by molar-refractivity contribution is 0.124. The molecular formula is C20H20FN7O2. The molecular weight excluding hydrogens is 389 g/mol. The van der Waals surface area contributed by atoms with Crippen molar-refractivity contribution in [1.82, 2.24) is 29.6 Å². The van der Waals surface area contributed by atoms with E-state index in [9.17, 15) is 14.6 Å². The smallest absolute Gasteiger partial charge is 0.154 e. The fourth-order valence-corrected chi connectivity index (χ4v) is 3.39. The van der Waals surface area contributed by atoms with Crippen LogP contribution in [-0.4, -0.2) is 45.4 Å². The second-order valence-corrected chi connectivity index (χ2v) is 7.73. The van der Waals surface area contributed by atoms with Crippen LogP contribution in [0.15, 0.2) is 42.7 Å². The van der Waals surface area contributed by atoms with Gasteiger partial charge < -0.3 is 15.5 Å². The van der Waals surface area contributed by atoms with Crippen LogP contribution in [0.5, 0.6) is 5.75 Å². The number of phenols is 1. The number of nitrogens with zero attached hydrogens (tertiary/aromatic N) is 6. The average molecular weight is 409 g/mol. The number of hydrogen-bond donors (Lipinski definition) is 3. The third-order valence-corrected chi connectivity index (χ3v) is 5.27. The molecule has 3 heterocycles. The van der Waals surface area contributed by atoms with Crippen LogP contribution in [0.3, 0.4) is 0 Å². The molecule has 9 nitrogen and oxygen atoms in total. The lowest BCUT2D eigenvalue weighted by atomic mass is 10.1. The van der Waals surface area contributed by atoms with Crippen molar-refractivity contribution < 1.29 is 14.6 Å². The number of hydrogen-bond acceptors (Lipinski definition) is 7. The third-order valence-electron chi connectivity index (χ3n) is 5.27. The Morgan fingerprint density at radius 1 is 1.27 bits per heavy atom. The standard InChI is InChI=1S/C20H20FN7O2/c1-12(14-8-13(21)2-3-17(14)29)23-18-4-5-19-22-9-16(28(19)25-18)15-10-27(26-24-15)11-20(30)6-7-20/h2-5,8-10,12,29-30H,6-7,11H2,1H3,(H,23,25)/t12-/m1/s1. The normalized spacial score (nSPS) is 16.0. The zero-order valence-corrected chi connectivity index (χ0v) is 16.2. The van der Waals surface area contributed by atoms with E-state index in [1.165, 1.54) is 18.2 Å². The lowest BCUT2D eigenvalue weighted by Crippen LogP contribution is -2.17. The van der Waals surface area contributed by atoms with Gasteiger partial charge in [-0.1, -0.05) is 5.21 Å². The molecule has 154 valence electrons. The van der Waals surface area contributed by atoms with Gasteiger partial charge in [0.15, 0.2) is 5.65 Å². The molecule has 30 heavy (non-hydrogen) atoms. The van der Waals surface area contributed by atoms with Crippen LogP contribution in [-0.2, 0) is 6.54 Å². The van der Waals surface area contributed by atoms with Crippen molar-refractivity contribution in [3.63, 3.8) is 0 Å². The van der Waals surface area contributed by atoms with Crippen molar-refractivity contribution in [2.45, 2.75) is 38.0 Å². The zero-order valence-electron chi connectivity index (χ0n) is 16.2. The SMILES string of the molecule is C[C@@H](Nc1ccc2ncc(-c3cn(CC4(O)CC4)nn3)n2n1)c1cc(F)ccc1O. The summed E-state index contributed by atoms with van der Waals surface area (Å²) in [7, 11) is 0. The molecule has 0 saturated heterocycles. The number of aromatic hydroxyl groups is 1. The predicted molar refractivity (Wildman–Crippen MR) is 106 cm³/mol. The Morgan fingerprint density at radius 2 is 2.10 bits per heavy atom. The van der Waals surface area contributed by atoms with Crippen molar-refractivity contribution in [2.75, 3.05) is 5.32 Å². The molecule has 0 radical (unpaired) electrons.